The first-order valence-electron chi connectivity index (χ1n) is 18.0. The molecule has 6 aromatic heterocycles. The van der Waals surface area contributed by atoms with Gasteiger partial charge in [0.05, 0.1) is 31.5 Å². The number of ether oxygens (including phenoxy) is 3. The minimum Gasteiger partial charge on any atom is -0.494 e. The first kappa shape index (κ1) is 41.0. The molecule has 2 atom stereocenters. The second-order valence-electron chi connectivity index (χ2n) is 13.3. The van der Waals surface area contributed by atoms with Crippen LogP contribution in [-0.4, -0.2) is 72.5 Å². The zero-order chi connectivity index (χ0) is 40.6. The van der Waals surface area contributed by atoms with E-state index in [1.54, 1.807) is 18.5 Å². The number of pyridine rings is 4. The summed E-state index contributed by atoms with van der Waals surface area (Å²) in [6, 6.07) is 7.34. The van der Waals surface area contributed by atoms with Crippen LogP contribution in [-0.2, 0) is 0 Å². The third-order valence-corrected chi connectivity index (χ3v) is 10.9. The van der Waals surface area contributed by atoms with Crippen LogP contribution >= 0.6 is 34.3 Å². The molecule has 1 aliphatic rings. The van der Waals surface area contributed by atoms with Crippen LogP contribution in [0.5, 0.6) is 16.1 Å². The maximum absolute atomic E-state index is 13.1. The van der Waals surface area contributed by atoms with Gasteiger partial charge in [-0.3, -0.25) is 35.2 Å². The Hall–Kier alpha value is -5.65. The highest BCUT2D eigenvalue weighted by molar-refractivity contribution is 7.17. The first-order valence-corrected chi connectivity index (χ1v) is 20.0. The third kappa shape index (κ3) is 10.2. The van der Waals surface area contributed by atoms with Crippen LogP contribution in [0.4, 0.5) is 10.3 Å². The topological polar surface area (TPSA) is 189 Å². The Morgan fingerprint density at radius 1 is 0.702 bits per heavy atom. The van der Waals surface area contributed by atoms with Crippen molar-refractivity contribution in [3.05, 3.63) is 88.0 Å². The molecular formula is C39H41ClN10O5S2. The summed E-state index contributed by atoms with van der Waals surface area (Å²) in [5.41, 5.74) is 7.33. The number of rotatable bonds is 11. The lowest BCUT2D eigenvalue weighted by Crippen LogP contribution is -2.14. The number of aryl methyl sites for hydroxylation is 4. The van der Waals surface area contributed by atoms with E-state index in [1.165, 1.54) is 44.4 Å². The van der Waals surface area contributed by atoms with Crippen molar-refractivity contribution in [2.45, 2.75) is 66.4 Å². The van der Waals surface area contributed by atoms with Gasteiger partial charge in [0.15, 0.2) is 0 Å². The number of hydrogen-bond donors (Lipinski definition) is 2. The van der Waals surface area contributed by atoms with E-state index in [-0.39, 0.29) is 17.9 Å². The lowest BCUT2D eigenvalue weighted by molar-refractivity contribution is 0.101. The van der Waals surface area contributed by atoms with Gasteiger partial charge in [-0.1, -0.05) is 35.1 Å². The monoisotopic (exact) mass is 828 g/mol. The smallest absolute Gasteiger partial charge is 0.296 e. The standard InChI is InChI=1S/C22H24ClN5O3S.C17H17N5O2S/c1-4-13-5-6-14(8-13)31-22-28-27-21(32-22)26-20(29)17-10-24-12(2)7-15(17)16-9-19(23)25-11-18(16)30-3;1-9-7-18-10(2)5-12(9)13-6-11(3)19-8-14(13)15(23)20-16-21-22-17(24-4)25-16/h7,9-11,13-14H,4-6,8H2,1-3H3,(H,26,27,29);5-8H,1-4H3,(H,20,21,23)/t13-,14?;/m1./s1. The molecule has 7 rings (SSSR count). The van der Waals surface area contributed by atoms with Gasteiger partial charge in [-0.05, 0) is 117 Å². The van der Waals surface area contributed by atoms with Gasteiger partial charge in [0.25, 0.3) is 22.2 Å². The van der Waals surface area contributed by atoms with E-state index in [2.05, 4.69) is 57.9 Å². The molecule has 0 saturated heterocycles. The van der Waals surface area contributed by atoms with Gasteiger partial charge in [-0.25, -0.2) is 4.98 Å². The summed E-state index contributed by atoms with van der Waals surface area (Å²) in [7, 11) is 3.04. The van der Waals surface area contributed by atoms with Gasteiger partial charge in [-0.15, -0.1) is 10.2 Å². The molecule has 6 heterocycles. The minimum atomic E-state index is -0.364. The Kier molecular flexibility index (Phi) is 13.3. The van der Waals surface area contributed by atoms with Crippen molar-refractivity contribution in [3.63, 3.8) is 0 Å². The highest BCUT2D eigenvalue weighted by atomic mass is 35.5. The zero-order valence-corrected chi connectivity index (χ0v) is 34.8. The first-order chi connectivity index (χ1) is 27.4. The fourth-order valence-corrected chi connectivity index (χ4v) is 7.64. The maximum Gasteiger partial charge on any atom is 0.296 e. The number of hydrogen-bond acceptors (Lipinski definition) is 15. The van der Waals surface area contributed by atoms with Crippen molar-refractivity contribution >= 4 is 56.4 Å². The maximum atomic E-state index is 13.1. The Bertz CT molecular complexity index is 2390. The van der Waals surface area contributed by atoms with E-state index < -0.39 is 0 Å². The molecular weight excluding hydrogens is 788 g/mol. The number of anilines is 2. The van der Waals surface area contributed by atoms with Crippen molar-refractivity contribution < 1.29 is 23.8 Å². The van der Waals surface area contributed by atoms with Gasteiger partial charge in [-0.2, -0.15) is 0 Å². The van der Waals surface area contributed by atoms with Crippen molar-refractivity contribution in [3.8, 4) is 38.4 Å². The lowest BCUT2D eigenvalue weighted by atomic mass is 9.97. The average molecular weight is 829 g/mol. The number of nitrogens with one attached hydrogen (secondary N) is 2. The van der Waals surface area contributed by atoms with Crippen LogP contribution in [0.15, 0.2) is 49.1 Å². The Labute approximate surface area is 342 Å². The third-order valence-electron chi connectivity index (χ3n) is 9.21. The molecule has 1 saturated carbocycles. The number of amides is 2. The van der Waals surface area contributed by atoms with E-state index >= 15 is 0 Å². The van der Waals surface area contributed by atoms with Gasteiger partial charge in [0.2, 0.25) is 10.3 Å². The summed E-state index contributed by atoms with van der Waals surface area (Å²) in [4.78, 5) is 42.7. The van der Waals surface area contributed by atoms with Crippen molar-refractivity contribution in [2.24, 2.45) is 5.92 Å². The second-order valence-corrected chi connectivity index (χ2v) is 15.5. The zero-order valence-electron chi connectivity index (χ0n) is 32.4. The molecule has 57 heavy (non-hydrogen) atoms. The molecule has 15 nitrogen and oxygen atoms in total. The fourth-order valence-electron chi connectivity index (χ4n) is 6.27. The molecule has 1 aliphatic carbocycles. The van der Waals surface area contributed by atoms with Crippen LogP contribution < -0.4 is 24.8 Å². The number of nitrogens with zero attached hydrogens (tertiary/aromatic N) is 8. The number of aromatic nitrogens is 8. The van der Waals surface area contributed by atoms with E-state index in [9.17, 15) is 9.59 Å². The van der Waals surface area contributed by atoms with E-state index in [0.717, 1.165) is 64.4 Å². The summed E-state index contributed by atoms with van der Waals surface area (Å²) < 4.78 is 16.4. The van der Waals surface area contributed by atoms with Crippen LogP contribution in [0.25, 0.3) is 22.3 Å². The summed E-state index contributed by atoms with van der Waals surface area (Å²) in [6.45, 7) is 9.83. The molecule has 1 fully saturated rings. The van der Waals surface area contributed by atoms with Gasteiger partial charge >= 0.3 is 0 Å². The van der Waals surface area contributed by atoms with Crippen LogP contribution in [0, 0.1) is 33.6 Å². The van der Waals surface area contributed by atoms with E-state index in [0.29, 0.717) is 59.7 Å². The summed E-state index contributed by atoms with van der Waals surface area (Å²) in [6.07, 6.45) is 11.0. The van der Waals surface area contributed by atoms with E-state index in [1.807, 2.05) is 45.9 Å². The van der Waals surface area contributed by atoms with Crippen LogP contribution in [0.1, 0.15) is 76.0 Å². The minimum absolute atomic E-state index is 0.160. The molecule has 0 aromatic carbocycles. The number of methoxy groups -OCH3 is 2. The number of carbonyl (C=O) groups excluding carboxylic acids is 2. The highest BCUT2D eigenvalue weighted by Crippen LogP contribution is 2.36. The molecule has 0 bridgehead atoms. The predicted octanol–water partition coefficient (Wildman–Crippen LogP) is 8.36. The van der Waals surface area contributed by atoms with Crippen molar-refractivity contribution in [1.29, 1.82) is 0 Å². The predicted molar refractivity (Wildman–Crippen MR) is 220 cm³/mol. The molecule has 2 amide bonds. The molecule has 0 spiro atoms. The normalized spacial score (nSPS) is 14.7. The molecule has 0 aliphatic heterocycles. The Morgan fingerprint density at radius 3 is 1.82 bits per heavy atom. The molecule has 1 unspecified atom stereocenters. The van der Waals surface area contributed by atoms with Crippen molar-refractivity contribution in [1.82, 2.24) is 40.3 Å². The van der Waals surface area contributed by atoms with Gasteiger partial charge in [0.1, 0.15) is 17.0 Å². The highest BCUT2D eigenvalue weighted by Gasteiger charge is 2.26. The summed E-state index contributed by atoms with van der Waals surface area (Å²) >= 11 is 8.48. The SMILES string of the molecule is CC[C@@H]1CCC(Oc2nnc(NC(=O)c3cnc(C)cc3-c3cc(Cl)ncc3OC)s2)C1.COc1nnc(NC(=O)c2cnc(C)cc2-c2cc(C)ncc2C)s1. The van der Waals surface area contributed by atoms with Crippen LogP contribution in [0.3, 0.4) is 0 Å². The van der Waals surface area contributed by atoms with Crippen LogP contribution in [0.2, 0.25) is 5.15 Å². The summed E-state index contributed by atoms with van der Waals surface area (Å²) in [5, 5.41) is 23.3. The molecule has 296 valence electrons. The van der Waals surface area contributed by atoms with Gasteiger partial charge in [0, 0.05) is 46.8 Å². The average Bonchev–Trinajstić information content (AvgIpc) is 3.97. The summed E-state index contributed by atoms with van der Waals surface area (Å²) in [5.74, 6) is 0.549. The molecule has 6 aromatic rings. The Morgan fingerprint density at radius 2 is 1.26 bits per heavy atom. The molecule has 18 heteroatoms. The lowest BCUT2D eigenvalue weighted by Gasteiger charge is -2.13. The molecule has 2 N–H and O–H groups in total. The quantitative estimate of drug-likeness (QED) is 0.119. The molecule has 0 radical (unpaired) electrons. The number of carbonyl (C=O) groups is 2. The van der Waals surface area contributed by atoms with Gasteiger partial charge < -0.3 is 14.2 Å². The number of halogens is 1. The fraction of sp³-hybridized carbons (Fsp3) is 0.333. The van der Waals surface area contributed by atoms with E-state index in [4.69, 9.17) is 25.8 Å². The second kappa shape index (κ2) is 18.5. The Balaban J connectivity index is 0.000000199. The largest absolute Gasteiger partial charge is 0.494 e. The van der Waals surface area contributed by atoms with Crippen molar-refractivity contribution in [2.75, 3.05) is 24.9 Å².